The van der Waals surface area contributed by atoms with Gasteiger partial charge in [-0.05, 0) is 20.3 Å². The molecule has 0 unspecified atom stereocenters. The Morgan fingerprint density at radius 3 is 2.35 bits per heavy atom. The molecule has 7 heteroatoms. The SMILES string of the molecule is CC(C)n1nc(C(F)(F)F)c2c1CCC2(F)F. The molecule has 1 aromatic heterocycles. The first-order valence-electron chi connectivity index (χ1n) is 5.21. The molecule has 96 valence electrons. The Morgan fingerprint density at radius 2 is 1.88 bits per heavy atom. The Morgan fingerprint density at radius 1 is 1.29 bits per heavy atom. The molecule has 0 fully saturated rings. The van der Waals surface area contributed by atoms with Crippen molar-refractivity contribution in [1.29, 1.82) is 0 Å². The fourth-order valence-electron chi connectivity index (χ4n) is 2.12. The van der Waals surface area contributed by atoms with Crippen LogP contribution in [0.25, 0.3) is 0 Å². The van der Waals surface area contributed by atoms with Gasteiger partial charge in [0, 0.05) is 18.2 Å². The smallest absolute Gasteiger partial charge is 0.266 e. The molecular weight excluding hydrogens is 243 g/mol. The maximum atomic E-state index is 13.5. The van der Waals surface area contributed by atoms with E-state index in [9.17, 15) is 22.0 Å². The van der Waals surface area contributed by atoms with Crippen LogP contribution in [0.2, 0.25) is 0 Å². The van der Waals surface area contributed by atoms with Gasteiger partial charge in [-0.15, -0.1) is 0 Å². The Hall–Kier alpha value is -1.14. The van der Waals surface area contributed by atoms with E-state index in [1.165, 1.54) is 0 Å². The molecular formula is C10H11F5N2. The minimum absolute atomic E-state index is 0.0114. The molecule has 17 heavy (non-hydrogen) atoms. The highest BCUT2D eigenvalue weighted by atomic mass is 19.4. The minimum atomic E-state index is -4.84. The highest BCUT2D eigenvalue weighted by Gasteiger charge is 2.51. The number of aromatic nitrogens is 2. The number of fused-ring (bicyclic) bond motifs is 1. The van der Waals surface area contributed by atoms with Crippen LogP contribution in [-0.4, -0.2) is 9.78 Å². The van der Waals surface area contributed by atoms with Crippen molar-refractivity contribution in [1.82, 2.24) is 9.78 Å². The summed E-state index contributed by atoms with van der Waals surface area (Å²) in [4.78, 5) is 0. The average Bonchev–Trinajstić information content (AvgIpc) is 2.64. The van der Waals surface area contributed by atoms with E-state index in [4.69, 9.17) is 0 Å². The number of alkyl halides is 5. The number of hydrogen-bond donors (Lipinski definition) is 0. The molecule has 0 radical (unpaired) electrons. The van der Waals surface area contributed by atoms with Crippen molar-refractivity contribution in [3.8, 4) is 0 Å². The van der Waals surface area contributed by atoms with Gasteiger partial charge in [0.2, 0.25) is 0 Å². The van der Waals surface area contributed by atoms with Gasteiger partial charge < -0.3 is 0 Å². The molecule has 1 heterocycles. The van der Waals surface area contributed by atoms with Gasteiger partial charge in [-0.25, -0.2) is 8.78 Å². The maximum absolute atomic E-state index is 13.5. The highest BCUT2D eigenvalue weighted by Crippen LogP contribution is 2.48. The average molecular weight is 254 g/mol. The van der Waals surface area contributed by atoms with E-state index in [1.54, 1.807) is 13.8 Å². The van der Waals surface area contributed by atoms with Crippen LogP contribution < -0.4 is 0 Å². The van der Waals surface area contributed by atoms with Gasteiger partial charge in [-0.2, -0.15) is 18.3 Å². The summed E-state index contributed by atoms with van der Waals surface area (Å²) >= 11 is 0. The van der Waals surface area contributed by atoms with Crippen molar-refractivity contribution in [2.75, 3.05) is 0 Å². The van der Waals surface area contributed by atoms with Gasteiger partial charge in [0.25, 0.3) is 5.92 Å². The fraction of sp³-hybridized carbons (Fsp3) is 0.700. The normalized spacial score (nSPS) is 18.8. The molecule has 0 aromatic carbocycles. The van der Waals surface area contributed by atoms with Crippen molar-refractivity contribution < 1.29 is 22.0 Å². The van der Waals surface area contributed by atoms with Crippen molar-refractivity contribution in [3.63, 3.8) is 0 Å². The van der Waals surface area contributed by atoms with E-state index >= 15 is 0 Å². The molecule has 1 aliphatic carbocycles. The number of rotatable bonds is 1. The largest absolute Gasteiger partial charge is 0.435 e. The molecule has 0 amide bonds. The van der Waals surface area contributed by atoms with E-state index in [0.717, 1.165) is 4.68 Å². The summed E-state index contributed by atoms with van der Waals surface area (Å²) in [7, 11) is 0. The van der Waals surface area contributed by atoms with Crippen LogP contribution in [0.4, 0.5) is 22.0 Å². The lowest BCUT2D eigenvalue weighted by molar-refractivity contribution is -0.145. The molecule has 0 bridgehead atoms. The second-order valence-corrected chi connectivity index (χ2v) is 4.41. The van der Waals surface area contributed by atoms with Gasteiger partial charge in [-0.1, -0.05) is 0 Å². The molecule has 0 atom stereocenters. The summed E-state index contributed by atoms with van der Waals surface area (Å²) < 4.78 is 65.9. The topological polar surface area (TPSA) is 17.8 Å². The van der Waals surface area contributed by atoms with Crippen LogP contribution in [-0.2, 0) is 18.5 Å². The fourth-order valence-corrected chi connectivity index (χ4v) is 2.12. The first-order chi connectivity index (χ1) is 7.64. The van der Waals surface area contributed by atoms with Crippen molar-refractivity contribution in [2.45, 2.75) is 44.8 Å². The Kier molecular flexibility index (Phi) is 2.48. The van der Waals surface area contributed by atoms with Crippen molar-refractivity contribution in [2.24, 2.45) is 0 Å². The second kappa shape index (κ2) is 3.43. The summed E-state index contributed by atoms with van der Waals surface area (Å²) in [5, 5.41) is 3.31. The lowest BCUT2D eigenvalue weighted by Gasteiger charge is -2.11. The van der Waals surface area contributed by atoms with Crippen LogP contribution in [0.3, 0.4) is 0 Å². The Labute approximate surface area is 94.4 Å². The van der Waals surface area contributed by atoms with Crippen LogP contribution in [0.1, 0.15) is 43.3 Å². The molecule has 0 saturated carbocycles. The predicted octanol–water partition coefficient (Wildman–Crippen LogP) is 3.52. The molecule has 2 rings (SSSR count). The minimum Gasteiger partial charge on any atom is -0.266 e. The summed E-state index contributed by atoms with van der Waals surface area (Å²) in [6.45, 7) is 3.23. The standard InChI is InChI=1S/C10H11F5N2/c1-5(2)17-6-3-4-9(11,12)7(6)8(16-17)10(13,14)15/h5H,3-4H2,1-2H3. The zero-order chi connectivity index (χ0) is 13.0. The first kappa shape index (κ1) is 12.3. The summed E-state index contributed by atoms with van der Waals surface area (Å²) in [6.07, 6.45) is -5.47. The molecule has 0 N–H and O–H groups in total. The van der Waals surface area contributed by atoms with Crippen molar-refractivity contribution >= 4 is 0 Å². The van der Waals surface area contributed by atoms with Crippen molar-refractivity contribution in [3.05, 3.63) is 17.0 Å². The quantitative estimate of drug-likeness (QED) is 0.701. The Balaban J connectivity index is 2.67. The van der Waals surface area contributed by atoms with Gasteiger partial charge in [0.15, 0.2) is 5.69 Å². The van der Waals surface area contributed by atoms with Gasteiger partial charge >= 0.3 is 6.18 Å². The maximum Gasteiger partial charge on any atom is 0.435 e. The van der Waals surface area contributed by atoms with Crippen LogP contribution >= 0.6 is 0 Å². The molecule has 1 aromatic rings. The highest BCUT2D eigenvalue weighted by molar-refractivity contribution is 5.37. The summed E-state index contributed by atoms with van der Waals surface area (Å²) in [6, 6.07) is -0.367. The second-order valence-electron chi connectivity index (χ2n) is 4.41. The number of hydrogen-bond acceptors (Lipinski definition) is 1. The summed E-state index contributed by atoms with van der Waals surface area (Å²) in [5.41, 5.74) is -2.36. The summed E-state index contributed by atoms with van der Waals surface area (Å²) in [5.74, 6) is -3.42. The van der Waals surface area contributed by atoms with Crippen LogP contribution in [0.5, 0.6) is 0 Å². The van der Waals surface area contributed by atoms with E-state index < -0.39 is 29.8 Å². The monoisotopic (exact) mass is 254 g/mol. The van der Waals surface area contributed by atoms with E-state index in [1.807, 2.05) is 0 Å². The third-order valence-corrected chi connectivity index (χ3v) is 2.81. The lowest BCUT2D eigenvalue weighted by Crippen LogP contribution is -2.17. The molecule has 1 aliphatic rings. The molecule has 0 aliphatic heterocycles. The predicted molar refractivity (Wildman–Crippen MR) is 49.8 cm³/mol. The molecule has 0 saturated heterocycles. The lowest BCUT2D eigenvalue weighted by atomic mass is 10.1. The zero-order valence-electron chi connectivity index (χ0n) is 9.28. The van der Waals surface area contributed by atoms with Gasteiger partial charge in [-0.3, -0.25) is 4.68 Å². The third kappa shape index (κ3) is 1.81. The zero-order valence-corrected chi connectivity index (χ0v) is 9.28. The number of halogens is 5. The third-order valence-electron chi connectivity index (χ3n) is 2.81. The van der Waals surface area contributed by atoms with E-state index in [2.05, 4.69) is 5.10 Å². The van der Waals surface area contributed by atoms with Gasteiger partial charge in [0.05, 0.1) is 5.56 Å². The first-order valence-corrected chi connectivity index (χ1v) is 5.21. The van der Waals surface area contributed by atoms with E-state index in [0.29, 0.717) is 0 Å². The number of nitrogens with zero attached hydrogens (tertiary/aromatic N) is 2. The van der Waals surface area contributed by atoms with Crippen LogP contribution in [0.15, 0.2) is 0 Å². The van der Waals surface area contributed by atoms with Crippen LogP contribution in [0, 0.1) is 0 Å². The van der Waals surface area contributed by atoms with E-state index in [-0.39, 0.29) is 18.2 Å². The van der Waals surface area contributed by atoms with Gasteiger partial charge in [0.1, 0.15) is 0 Å². The Bertz CT molecular complexity index is 444. The molecule has 0 spiro atoms. The molecule has 2 nitrogen and oxygen atoms in total.